The lowest BCUT2D eigenvalue weighted by Gasteiger charge is -2.27. The number of nitrogens with one attached hydrogen (secondary N) is 1. The van der Waals surface area contributed by atoms with Crippen LogP contribution in [0.5, 0.6) is 11.5 Å². The second-order valence-corrected chi connectivity index (χ2v) is 8.67. The summed E-state index contributed by atoms with van der Waals surface area (Å²) in [7, 11) is 0. The third-order valence-electron chi connectivity index (χ3n) is 5.90. The molecule has 3 aromatic rings. The summed E-state index contributed by atoms with van der Waals surface area (Å²) in [6, 6.07) is 12.7. The van der Waals surface area contributed by atoms with E-state index in [1.807, 2.05) is 18.2 Å². The summed E-state index contributed by atoms with van der Waals surface area (Å²) in [5, 5.41) is 12.4. The second kappa shape index (κ2) is 10.1. The van der Waals surface area contributed by atoms with E-state index in [9.17, 15) is 35.8 Å². The Morgan fingerprint density at radius 1 is 0.889 bits per heavy atom. The van der Waals surface area contributed by atoms with Crippen LogP contribution in [-0.4, -0.2) is 17.4 Å². The van der Waals surface area contributed by atoms with Crippen molar-refractivity contribution in [2.24, 2.45) is 0 Å². The quantitative estimate of drug-likeness (QED) is 0.312. The van der Waals surface area contributed by atoms with Gasteiger partial charge in [0, 0.05) is 12.1 Å². The minimum absolute atomic E-state index is 0.0388. The van der Waals surface area contributed by atoms with Gasteiger partial charge in [0.2, 0.25) is 0 Å². The average Bonchev–Trinajstić information content (AvgIpc) is 3.65. The van der Waals surface area contributed by atoms with Gasteiger partial charge in [-0.25, -0.2) is 4.39 Å². The van der Waals surface area contributed by atoms with E-state index in [1.165, 1.54) is 24.3 Å². The molecule has 0 bridgehead atoms. The molecule has 3 aromatic carbocycles. The molecular formula is C26H22F7NO2. The third-order valence-corrected chi connectivity index (χ3v) is 5.90. The van der Waals surface area contributed by atoms with E-state index in [0.29, 0.717) is 29.9 Å². The normalized spacial score (nSPS) is 16.0. The smallest absolute Gasteiger partial charge is 0.416 e. The lowest BCUT2D eigenvalue weighted by atomic mass is 9.99. The summed E-state index contributed by atoms with van der Waals surface area (Å²) in [5.41, 5.74) is -0.576. The number of ether oxygens (including phenoxy) is 1. The zero-order valence-corrected chi connectivity index (χ0v) is 18.7. The molecule has 36 heavy (non-hydrogen) atoms. The van der Waals surface area contributed by atoms with E-state index in [4.69, 9.17) is 4.74 Å². The van der Waals surface area contributed by atoms with Gasteiger partial charge in [-0.15, -0.1) is 0 Å². The molecule has 1 saturated carbocycles. The first kappa shape index (κ1) is 26.0. The summed E-state index contributed by atoms with van der Waals surface area (Å²) in [6.07, 6.45) is -10.6. The molecular weight excluding hydrogens is 491 g/mol. The van der Waals surface area contributed by atoms with Crippen LogP contribution in [0, 0.1) is 5.82 Å². The largest absolute Gasteiger partial charge is 0.457 e. The Bertz CT molecular complexity index is 1210. The first-order chi connectivity index (χ1) is 16.9. The van der Waals surface area contributed by atoms with Gasteiger partial charge in [-0.05, 0) is 72.4 Å². The maximum Gasteiger partial charge on any atom is 0.416 e. The van der Waals surface area contributed by atoms with Gasteiger partial charge in [0.05, 0.1) is 11.6 Å². The summed E-state index contributed by atoms with van der Waals surface area (Å²) in [5.74, 6) is 0.130. The van der Waals surface area contributed by atoms with Crippen LogP contribution in [0.4, 0.5) is 30.7 Å². The molecule has 0 radical (unpaired) electrons. The fraction of sp³-hybridized carbons (Fsp3) is 0.308. The Hall–Kier alpha value is -3.11. The van der Waals surface area contributed by atoms with E-state index in [0.717, 1.165) is 18.4 Å². The third kappa shape index (κ3) is 6.36. The monoisotopic (exact) mass is 513 g/mol. The first-order valence-electron chi connectivity index (χ1n) is 11.1. The van der Waals surface area contributed by atoms with Crippen molar-refractivity contribution >= 4 is 0 Å². The molecule has 2 atom stereocenters. The molecule has 1 aliphatic carbocycles. The van der Waals surface area contributed by atoms with Crippen LogP contribution in [0.15, 0.2) is 66.7 Å². The SMILES string of the molecule is O[C@H](C(NCc1cc(C(F)(F)F)ccc1F)c1cccc(Oc2cccc(C3CC3)c2)c1)C(F)(F)F. The lowest BCUT2D eigenvalue weighted by molar-refractivity contribution is -0.213. The number of aliphatic hydroxyl groups is 1. The van der Waals surface area contributed by atoms with E-state index in [1.54, 1.807) is 6.07 Å². The molecule has 0 aliphatic heterocycles. The molecule has 1 unspecified atom stereocenters. The minimum atomic E-state index is -5.06. The van der Waals surface area contributed by atoms with Crippen LogP contribution in [-0.2, 0) is 12.7 Å². The summed E-state index contributed by atoms with van der Waals surface area (Å²) < 4.78 is 99.3. The highest BCUT2D eigenvalue weighted by Gasteiger charge is 2.44. The molecule has 3 nitrogen and oxygen atoms in total. The summed E-state index contributed by atoms with van der Waals surface area (Å²) in [4.78, 5) is 0. The predicted molar refractivity (Wildman–Crippen MR) is 118 cm³/mol. The predicted octanol–water partition coefficient (Wildman–Crippen LogP) is 7.27. The molecule has 0 spiro atoms. The summed E-state index contributed by atoms with van der Waals surface area (Å²) >= 11 is 0. The molecule has 0 amide bonds. The number of rotatable bonds is 8. The standard InChI is InChI=1S/C26H22F7NO2/c27-22-10-9-19(25(28,29)30)11-18(22)14-34-23(24(35)26(31,32)33)17-4-2-6-21(13-17)36-20-5-1-3-16(12-20)15-7-8-15/h1-6,9-13,15,23-24,34-35H,7-8,14H2/t23?,24-/m1/s1. The van der Waals surface area contributed by atoms with Crippen molar-refractivity contribution in [2.45, 2.75) is 49.8 Å². The number of benzene rings is 3. The minimum Gasteiger partial charge on any atom is -0.457 e. The highest BCUT2D eigenvalue weighted by Crippen LogP contribution is 2.41. The van der Waals surface area contributed by atoms with Crippen molar-refractivity contribution in [2.75, 3.05) is 0 Å². The Morgan fingerprint density at radius 2 is 1.56 bits per heavy atom. The van der Waals surface area contributed by atoms with E-state index in [2.05, 4.69) is 5.32 Å². The molecule has 0 heterocycles. The molecule has 192 valence electrons. The van der Waals surface area contributed by atoms with Crippen LogP contribution in [0.25, 0.3) is 0 Å². The van der Waals surface area contributed by atoms with Crippen LogP contribution in [0.1, 0.15) is 47.1 Å². The van der Waals surface area contributed by atoms with E-state index in [-0.39, 0.29) is 11.3 Å². The zero-order chi connectivity index (χ0) is 26.1. The highest BCUT2D eigenvalue weighted by atomic mass is 19.4. The summed E-state index contributed by atoms with van der Waals surface area (Å²) in [6.45, 7) is -0.692. The Kier molecular flexibility index (Phi) is 7.28. The van der Waals surface area contributed by atoms with Crippen molar-refractivity contribution in [3.05, 3.63) is 94.8 Å². The molecule has 4 rings (SSSR count). The molecule has 1 fully saturated rings. The lowest BCUT2D eigenvalue weighted by Crippen LogP contribution is -2.41. The van der Waals surface area contributed by atoms with Crippen molar-refractivity contribution in [3.63, 3.8) is 0 Å². The zero-order valence-electron chi connectivity index (χ0n) is 18.7. The average molecular weight is 513 g/mol. The van der Waals surface area contributed by atoms with Crippen LogP contribution in [0.2, 0.25) is 0 Å². The number of aliphatic hydroxyl groups excluding tert-OH is 1. The van der Waals surface area contributed by atoms with Crippen LogP contribution >= 0.6 is 0 Å². The second-order valence-electron chi connectivity index (χ2n) is 8.67. The Morgan fingerprint density at radius 3 is 2.19 bits per heavy atom. The fourth-order valence-electron chi connectivity index (χ4n) is 3.86. The van der Waals surface area contributed by atoms with Crippen LogP contribution < -0.4 is 10.1 Å². The molecule has 2 N–H and O–H groups in total. The van der Waals surface area contributed by atoms with E-state index >= 15 is 0 Å². The Balaban J connectivity index is 1.58. The van der Waals surface area contributed by atoms with Crippen molar-refractivity contribution in [1.29, 1.82) is 0 Å². The van der Waals surface area contributed by atoms with Gasteiger partial charge >= 0.3 is 12.4 Å². The van der Waals surface area contributed by atoms with Crippen LogP contribution in [0.3, 0.4) is 0 Å². The molecule has 10 heteroatoms. The number of halogens is 7. The highest BCUT2D eigenvalue weighted by molar-refractivity contribution is 5.39. The fourth-order valence-corrected chi connectivity index (χ4v) is 3.86. The first-order valence-corrected chi connectivity index (χ1v) is 11.1. The molecule has 0 aromatic heterocycles. The number of hydrogen-bond donors (Lipinski definition) is 2. The topological polar surface area (TPSA) is 41.5 Å². The Labute approximate surface area is 202 Å². The van der Waals surface area contributed by atoms with Gasteiger partial charge in [0.1, 0.15) is 17.3 Å². The molecule has 1 aliphatic rings. The van der Waals surface area contributed by atoms with Gasteiger partial charge < -0.3 is 15.2 Å². The molecule has 0 saturated heterocycles. The van der Waals surface area contributed by atoms with Crippen molar-refractivity contribution in [3.8, 4) is 11.5 Å². The van der Waals surface area contributed by atoms with Gasteiger partial charge in [-0.3, -0.25) is 0 Å². The van der Waals surface area contributed by atoms with Gasteiger partial charge in [0.25, 0.3) is 0 Å². The number of hydrogen-bond acceptors (Lipinski definition) is 3. The van der Waals surface area contributed by atoms with Crippen molar-refractivity contribution in [1.82, 2.24) is 5.32 Å². The van der Waals surface area contributed by atoms with Gasteiger partial charge in [0.15, 0.2) is 6.10 Å². The van der Waals surface area contributed by atoms with Gasteiger partial charge in [-0.1, -0.05) is 24.3 Å². The van der Waals surface area contributed by atoms with Crippen molar-refractivity contribution < 1.29 is 40.6 Å². The van der Waals surface area contributed by atoms with Gasteiger partial charge in [-0.2, -0.15) is 26.3 Å². The maximum absolute atomic E-state index is 14.1. The number of alkyl halides is 6. The maximum atomic E-state index is 14.1. The van der Waals surface area contributed by atoms with E-state index < -0.39 is 48.0 Å².